The molecule has 0 aromatic heterocycles. The quantitative estimate of drug-likeness (QED) is 0.556. The van der Waals surface area contributed by atoms with E-state index < -0.39 is 0 Å². The summed E-state index contributed by atoms with van der Waals surface area (Å²) in [4.78, 5) is 0. The summed E-state index contributed by atoms with van der Waals surface area (Å²) in [5.41, 5.74) is -0.0742. The highest BCUT2D eigenvalue weighted by molar-refractivity contribution is 14.1. The van der Waals surface area contributed by atoms with E-state index in [9.17, 15) is 4.48 Å². The van der Waals surface area contributed by atoms with Crippen LogP contribution in [-0.2, 0) is 0 Å². The molecule has 7 heavy (non-hydrogen) atoms. The lowest BCUT2D eigenvalue weighted by Crippen LogP contribution is -2.17. The summed E-state index contributed by atoms with van der Waals surface area (Å²) in [5.74, 6) is 0. The monoisotopic (exact) mass is 219 g/mol. The van der Waals surface area contributed by atoms with Crippen molar-refractivity contribution in [2.75, 3.05) is 20.1 Å². The van der Waals surface area contributed by atoms with Gasteiger partial charge in [0.25, 0.3) is 0 Å². The number of nitrogens with zero attached hydrogens (tertiary/aromatic N) is 1. The Morgan fingerprint density at radius 2 is 2.71 bits per heavy atom. The van der Waals surface area contributed by atoms with Gasteiger partial charge in [0, 0.05) is 36.0 Å². The standard InChI is InChI=1S/C3H8FIN2/c1-7(5)3-2-6-4/h6H,2-3H2,1H3/i/hD. The Morgan fingerprint density at radius 3 is 2.86 bits per heavy atom. The van der Waals surface area contributed by atoms with Gasteiger partial charge in [-0.25, -0.2) is 3.11 Å². The van der Waals surface area contributed by atoms with Gasteiger partial charge in [-0.3, -0.25) is 0 Å². The summed E-state index contributed by atoms with van der Waals surface area (Å²) < 4.78 is 19.6. The van der Waals surface area contributed by atoms with Gasteiger partial charge in [-0.15, -0.1) is 4.48 Å². The first-order valence-electron chi connectivity index (χ1n) is 2.36. The van der Waals surface area contributed by atoms with Gasteiger partial charge in [-0.1, -0.05) is 0 Å². The number of nitrogens with one attached hydrogen (secondary N) is 1. The van der Waals surface area contributed by atoms with Gasteiger partial charge in [0.15, 0.2) is 1.41 Å². The van der Waals surface area contributed by atoms with Crippen LogP contribution in [0.1, 0.15) is 0 Å². The zero-order chi connectivity index (χ0) is 6.57. The highest BCUT2D eigenvalue weighted by atomic mass is 127. The van der Waals surface area contributed by atoms with Crippen molar-refractivity contribution >= 4 is 22.9 Å². The van der Waals surface area contributed by atoms with Crippen LogP contribution >= 0.6 is 22.9 Å². The molecule has 44 valence electrons. The fraction of sp³-hybridized carbons (Fsp3) is 1.00. The lowest BCUT2D eigenvalue weighted by molar-refractivity contribution is 0.324. The van der Waals surface area contributed by atoms with Crippen molar-refractivity contribution < 1.29 is 5.89 Å². The van der Waals surface area contributed by atoms with Gasteiger partial charge < -0.3 is 0 Å². The van der Waals surface area contributed by atoms with Crippen molar-refractivity contribution in [3.63, 3.8) is 0 Å². The maximum atomic E-state index is 11.5. The molecule has 0 aliphatic heterocycles. The molecule has 0 rings (SSSR count). The van der Waals surface area contributed by atoms with E-state index in [1.807, 2.05) is 29.9 Å². The molecular formula is C3H8FIN2. The summed E-state index contributed by atoms with van der Waals surface area (Å²) in [6, 6.07) is 0. The molecule has 0 saturated heterocycles. The number of rotatable bonds is 3. The second-order valence-corrected chi connectivity index (χ2v) is 2.82. The first-order valence-corrected chi connectivity index (χ1v) is 2.88. The van der Waals surface area contributed by atoms with Crippen molar-refractivity contribution in [2.45, 2.75) is 0 Å². The molecule has 0 bridgehead atoms. The summed E-state index contributed by atoms with van der Waals surface area (Å²) in [5, 5.41) is 0. The van der Waals surface area contributed by atoms with Gasteiger partial charge in [0.2, 0.25) is 0 Å². The third kappa shape index (κ3) is 6.58. The number of hydrogen-bond acceptors (Lipinski definition) is 2. The average Bonchev–Trinajstić information content (AvgIpc) is 1.61. The molecule has 4 heteroatoms. The molecule has 0 aromatic rings. The van der Waals surface area contributed by atoms with Crippen molar-refractivity contribution in [2.24, 2.45) is 0 Å². The Morgan fingerprint density at radius 1 is 2.14 bits per heavy atom. The smallest absolute Gasteiger partial charge is 0.161 e. The zero-order valence-corrected chi connectivity index (χ0v) is 6.22. The van der Waals surface area contributed by atoms with Gasteiger partial charge in [0.1, 0.15) is 0 Å². The predicted molar refractivity (Wildman–Crippen MR) is 35.8 cm³/mol. The van der Waals surface area contributed by atoms with Crippen molar-refractivity contribution in [3.05, 3.63) is 0 Å². The molecule has 0 atom stereocenters. The maximum absolute atomic E-state index is 11.5. The van der Waals surface area contributed by atoms with Gasteiger partial charge >= 0.3 is 0 Å². The van der Waals surface area contributed by atoms with Crippen LogP contribution < -0.4 is 5.53 Å². The zero-order valence-electron chi connectivity index (χ0n) is 5.06. The van der Waals surface area contributed by atoms with Gasteiger partial charge in [-0.05, 0) is 7.05 Å². The Balaban J connectivity index is 2.93. The lowest BCUT2D eigenvalue weighted by atomic mass is 10.7. The molecular weight excluding hydrogens is 210 g/mol. The number of likely N-dealkylation sites (N-methyl/N-ethyl adjacent to an activating group) is 1. The maximum Gasteiger partial charge on any atom is 0.161 e. The molecule has 0 saturated carbocycles. The van der Waals surface area contributed by atoms with Crippen LogP contribution in [0.25, 0.3) is 0 Å². The van der Waals surface area contributed by atoms with E-state index >= 15 is 0 Å². The van der Waals surface area contributed by atoms with Gasteiger partial charge in [-0.2, -0.15) is 5.53 Å². The molecule has 0 aromatic carbocycles. The van der Waals surface area contributed by atoms with Crippen LogP contribution in [0.5, 0.6) is 0 Å². The van der Waals surface area contributed by atoms with E-state index in [2.05, 4.69) is 0 Å². The normalized spacial score (nSPS) is 13.0. The first kappa shape index (κ1) is 5.71. The minimum Gasteiger partial charge on any atom is -0.249 e. The Kier molecular flexibility index (Phi) is 3.86. The molecule has 0 heterocycles. The Bertz CT molecular complexity index is 53.2. The average molecular weight is 219 g/mol. The van der Waals surface area contributed by atoms with Crippen LogP contribution in [0.2, 0.25) is 1.41 Å². The number of hydrogen-bond donors (Lipinski definition) is 1. The van der Waals surface area contributed by atoms with Crippen LogP contribution in [-0.4, -0.2) is 23.3 Å². The molecule has 0 aliphatic rings. The van der Waals surface area contributed by atoms with E-state index in [0.29, 0.717) is 6.54 Å². The van der Waals surface area contributed by atoms with E-state index in [4.69, 9.17) is 1.41 Å². The third-order valence-electron chi connectivity index (χ3n) is 0.493. The molecule has 2 nitrogen and oxygen atoms in total. The van der Waals surface area contributed by atoms with Crippen molar-refractivity contribution in [3.8, 4) is 0 Å². The van der Waals surface area contributed by atoms with E-state index in [1.165, 1.54) is 0 Å². The fourth-order valence-corrected chi connectivity index (χ4v) is 0.391. The third-order valence-corrected chi connectivity index (χ3v) is 0.975. The summed E-state index contributed by atoms with van der Waals surface area (Å²) in [6.45, 7) is 0.708. The van der Waals surface area contributed by atoms with E-state index in [1.54, 1.807) is 3.11 Å². The van der Waals surface area contributed by atoms with Crippen LogP contribution in [0.15, 0.2) is 0 Å². The Labute approximate surface area is 58.0 Å². The topological polar surface area (TPSA) is 15.3 Å². The molecule has 0 fully saturated rings. The molecule has 0 unspecified atom stereocenters. The molecule has 1 N–H and O–H groups in total. The van der Waals surface area contributed by atoms with E-state index in [0.717, 1.165) is 0 Å². The highest BCUT2D eigenvalue weighted by Gasteiger charge is 1.86. The SMILES string of the molecule is [2H]N(F)CCN(C)I. The fourth-order valence-electron chi connectivity index (χ4n) is 0.176. The van der Waals surface area contributed by atoms with Crippen LogP contribution in [0.4, 0.5) is 4.48 Å². The van der Waals surface area contributed by atoms with Crippen LogP contribution in [0.3, 0.4) is 0 Å². The van der Waals surface area contributed by atoms with E-state index in [-0.39, 0.29) is 12.1 Å². The van der Waals surface area contributed by atoms with Gasteiger partial charge in [0.05, 0.1) is 0 Å². The molecule has 0 radical (unpaired) electrons. The second kappa shape index (κ2) is 4.73. The summed E-state index contributed by atoms with van der Waals surface area (Å²) >= 11 is 2.03. The number of halogens is 2. The second-order valence-electron chi connectivity index (χ2n) is 1.17. The minimum atomic E-state index is -0.0742. The van der Waals surface area contributed by atoms with Crippen LogP contribution in [0, 0.1) is 0 Å². The predicted octanol–water partition coefficient (Wildman–Crippen LogP) is 0.742. The first-order chi connectivity index (χ1) is 3.63. The lowest BCUT2D eigenvalue weighted by Gasteiger charge is -2.02. The van der Waals surface area contributed by atoms with Crippen molar-refractivity contribution in [1.82, 2.24) is 8.65 Å². The highest BCUT2D eigenvalue weighted by Crippen LogP contribution is 1.88. The summed E-state index contributed by atoms with van der Waals surface area (Å²) in [7, 11) is 1.82. The molecule has 0 spiro atoms. The largest absolute Gasteiger partial charge is 0.249 e. The Hall–Kier alpha value is 0.580. The summed E-state index contributed by atoms with van der Waals surface area (Å²) in [6.07, 6.45) is 0. The minimum absolute atomic E-state index is 0.0742. The van der Waals surface area contributed by atoms with Crippen molar-refractivity contribution in [1.29, 1.82) is 0 Å². The molecule has 0 aliphatic carbocycles. The molecule has 0 amide bonds.